The molecule has 5 heteroatoms. The summed E-state index contributed by atoms with van der Waals surface area (Å²) in [6.45, 7) is 1.38. The van der Waals surface area contributed by atoms with Crippen LogP contribution < -0.4 is 0 Å². The van der Waals surface area contributed by atoms with Crippen molar-refractivity contribution in [2.75, 3.05) is 7.11 Å². The Morgan fingerprint density at radius 1 is 1.44 bits per heavy atom. The molecule has 0 amide bonds. The summed E-state index contributed by atoms with van der Waals surface area (Å²) < 4.78 is 30.6. The lowest BCUT2D eigenvalue weighted by atomic mass is 9.97. The van der Waals surface area contributed by atoms with E-state index in [0.29, 0.717) is 0 Å². The van der Waals surface area contributed by atoms with Gasteiger partial charge in [-0.2, -0.15) is 0 Å². The summed E-state index contributed by atoms with van der Waals surface area (Å²) in [6.07, 6.45) is -1.43. The molecular formula is C11H12F2O3. The number of methoxy groups -OCH3 is 1. The molecule has 1 aromatic carbocycles. The summed E-state index contributed by atoms with van der Waals surface area (Å²) in [6, 6.07) is 3.43. The Bertz CT molecular complexity index is 393. The van der Waals surface area contributed by atoms with Crippen LogP contribution in [-0.4, -0.2) is 18.2 Å². The highest BCUT2D eigenvalue weighted by molar-refractivity contribution is 5.72. The van der Waals surface area contributed by atoms with Crippen LogP contribution in [0.3, 0.4) is 0 Å². The van der Waals surface area contributed by atoms with Crippen molar-refractivity contribution in [1.82, 2.24) is 0 Å². The van der Waals surface area contributed by atoms with E-state index in [2.05, 4.69) is 4.74 Å². The molecule has 0 aromatic heterocycles. The van der Waals surface area contributed by atoms with Gasteiger partial charge in [-0.25, -0.2) is 8.78 Å². The van der Waals surface area contributed by atoms with Crippen LogP contribution in [0.4, 0.5) is 8.78 Å². The minimum atomic E-state index is -1.43. The van der Waals surface area contributed by atoms with Gasteiger partial charge in [-0.15, -0.1) is 0 Å². The van der Waals surface area contributed by atoms with Gasteiger partial charge in [-0.05, 0) is 13.0 Å². The van der Waals surface area contributed by atoms with E-state index in [-0.39, 0.29) is 5.56 Å². The zero-order valence-corrected chi connectivity index (χ0v) is 8.91. The van der Waals surface area contributed by atoms with Crippen molar-refractivity contribution in [2.45, 2.75) is 13.0 Å². The summed E-state index contributed by atoms with van der Waals surface area (Å²) in [5.74, 6) is -3.85. The van der Waals surface area contributed by atoms with Crippen molar-refractivity contribution in [2.24, 2.45) is 5.92 Å². The van der Waals surface area contributed by atoms with Crippen LogP contribution in [0.25, 0.3) is 0 Å². The molecule has 0 heterocycles. The highest BCUT2D eigenvalue weighted by Crippen LogP contribution is 2.26. The van der Waals surface area contributed by atoms with E-state index in [0.717, 1.165) is 13.2 Å². The maximum Gasteiger partial charge on any atom is 0.311 e. The minimum absolute atomic E-state index is 0.252. The monoisotopic (exact) mass is 230 g/mol. The summed E-state index contributed by atoms with van der Waals surface area (Å²) in [5.41, 5.74) is -0.252. The highest BCUT2D eigenvalue weighted by Gasteiger charge is 2.27. The fourth-order valence-corrected chi connectivity index (χ4v) is 1.33. The van der Waals surface area contributed by atoms with Crippen LogP contribution in [-0.2, 0) is 9.53 Å². The predicted molar refractivity (Wildman–Crippen MR) is 52.5 cm³/mol. The molecule has 0 saturated heterocycles. The van der Waals surface area contributed by atoms with Gasteiger partial charge in [0.15, 0.2) is 11.6 Å². The van der Waals surface area contributed by atoms with E-state index < -0.39 is 29.6 Å². The van der Waals surface area contributed by atoms with Gasteiger partial charge in [0.25, 0.3) is 0 Å². The van der Waals surface area contributed by atoms with Gasteiger partial charge in [-0.3, -0.25) is 4.79 Å². The van der Waals surface area contributed by atoms with Gasteiger partial charge in [0.05, 0.1) is 19.1 Å². The van der Waals surface area contributed by atoms with Gasteiger partial charge < -0.3 is 9.84 Å². The zero-order chi connectivity index (χ0) is 12.3. The molecule has 3 nitrogen and oxygen atoms in total. The van der Waals surface area contributed by atoms with E-state index >= 15 is 0 Å². The zero-order valence-electron chi connectivity index (χ0n) is 8.91. The van der Waals surface area contributed by atoms with Crippen molar-refractivity contribution in [3.63, 3.8) is 0 Å². The second-order valence-corrected chi connectivity index (χ2v) is 3.40. The lowest BCUT2D eigenvalue weighted by Gasteiger charge is -2.17. The minimum Gasteiger partial charge on any atom is -0.469 e. The molecule has 0 aliphatic carbocycles. The van der Waals surface area contributed by atoms with Gasteiger partial charge in [-0.1, -0.05) is 12.1 Å². The maximum absolute atomic E-state index is 13.3. The Morgan fingerprint density at radius 3 is 2.62 bits per heavy atom. The molecule has 0 aliphatic rings. The lowest BCUT2D eigenvalue weighted by Crippen LogP contribution is -2.21. The van der Waals surface area contributed by atoms with E-state index in [1.54, 1.807) is 0 Å². The summed E-state index contributed by atoms with van der Waals surface area (Å²) in [5, 5.41) is 9.69. The number of aliphatic hydroxyl groups excluding tert-OH is 1. The number of esters is 1. The number of hydrogen-bond acceptors (Lipinski definition) is 3. The molecule has 0 bridgehead atoms. The molecule has 0 spiro atoms. The Balaban J connectivity index is 3.00. The summed E-state index contributed by atoms with van der Waals surface area (Å²) >= 11 is 0. The van der Waals surface area contributed by atoms with Crippen molar-refractivity contribution >= 4 is 5.97 Å². The van der Waals surface area contributed by atoms with Crippen LogP contribution in [0.5, 0.6) is 0 Å². The number of rotatable bonds is 3. The molecule has 16 heavy (non-hydrogen) atoms. The molecule has 0 saturated carbocycles. The van der Waals surface area contributed by atoms with Gasteiger partial charge in [0, 0.05) is 5.56 Å². The molecule has 88 valence electrons. The van der Waals surface area contributed by atoms with Crippen LogP contribution >= 0.6 is 0 Å². The van der Waals surface area contributed by atoms with Crippen molar-refractivity contribution in [3.05, 3.63) is 35.4 Å². The van der Waals surface area contributed by atoms with E-state index in [4.69, 9.17) is 0 Å². The van der Waals surface area contributed by atoms with Crippen LogP contribution in [0, 0.1) is 17.6 Å². The number of ether oxygens (including phenoxy) is 1. The lowest BCUT2D eigenvalue weighted by molar-refractivity contribution is -0.148. The number of hydrogen-bond donors (Lipinski definition) is 1. The average Bonchev–Trinajstić information content (AvgIpc) is 2.29. The number of carbonyl (C=O) groups excluding carboxylic acids is 1. The molecule has 0 aliphatic heterocycles. The second-order valence-electron chi connectivity index (χ2n) is 3.40. The maximum atomic E-state index is 13.3. The third kappa shape index (κ3) is 2.36. The normalized spacial score (nSPS) is 14.3. The molecule has 0 fully saturated rings. The average molecular weight is 230 g/mol. The first-order chi connectivity index (χ1) is 7.49. The molecule has 2 atom stereocenters. The first-order valence-electron chi connectivity index (χ1n) is 4.68. The van der Waals surface area contributed by atoms with Gasteiger partial charge in [0.1, 0.15) is 0 Å². The topological polar surface area (TPSA) is 46.5 Å². The third-order valence-corrected chi connectivity index (χ3v) is 2.35. The van der Waals surface area contributed by atoms with Crippen LogP contribution in [0.1, 0.15) is 18.6 Å². The number of halogens is 2. The molecule has 0 radical (unpaired) electrons. The quantitative estimate of drug-likeness (QED) is 0.805. The SMILES string of the molecule is COC(=O)C(C)C(O)c1cccc(F)c1F. The molecule has 1 aromatic rings. The van der Waals surface area contributed by atoms with E-state index in [9.17, 15) is 18.7 Å². The standard InChI is InChI=1S/C11H12F2O3/c1-6(11(15)16-2)10(14)7-4-3-5-8(12)9(7)13/h3-6,10,14H,1-2H3. The predicted octanol–water partition coefficient (Wildman–Crippen LogP) is 1.81. The van der Waals surface area contributed by atoms with E-state index in [1.807, 2.05) is 0 Å². The molecule has 2 unspecified atom stereocenters. The summed E-state index contributed by atoms with van der Waals surface area (Å²) in [4.78, 5) is 11.1. The Labute approximate surface area is 91.7 Å². The number of carbonyl (C=O) groups is 1. The highest BCUT2D eigenvalue weighted by atomic mass is 19.2. The van der Waals surface area contributed by atoms with Crippen LogP contribution in [0.2, 0.25) is 0 Å². The smallest absolute Gasteiger partial charge is 0.311 e. The summed E-state index contributed by atoms with van der Waals surface area (Å²) in [7, 11) is 1.16. The molecule has 1 N–H and O–H groups in total. The number of benzene rings is 1. The van der Waals surface area contributed by atoms with E-state index in [1.165, 1.54) is 19.1 Å². The van der Waals surface area contributed by atoms with Crippen LogP contribution in [0.15, 0.2) is 18.2 Å². The van der Waals surface area contributed by atoms with Gasteiger partial charge >= 0.3 is 5.97 Å². The Morgan fingerprint density at radius 2 is 2.06 bits per heavy atom. The Hall–Kier alpha value is -1.49. The van der Waals surface area contributed by atoms with Gasteiger partial charge in [0.2, 0.25) is 0 Å². The Kier molecular flexibility index (Phi) is 3.95. The van der Waals surface area contributed by atoms with Crippen molar-refractivity contribution in [3.8, 4) is 0 Å². The van der Waals surface area contributed by atoms with Crippen molar-refractivity contribution in [1.29, 1.82) is 0 Å². The van der Waals surface area contributed by atoms with Crippen molar-refractivity contribution < 1.29 is 23.4 Å². The number of aliphatic hydroxyl groups is 1. The third-order valence-electron chi connectivity index (χ3n) is 2.35. The first kappa shape index (κ1) is 12.6. The first-order valence-corrected chi connectivity index (χ1v) is 4.68. The molecular weight excluding hydrogens is 218 g/mol. The fraction of sp³-hybridized carbons (Fsp3) is 0.364. The molecule has 1 rings (SSSR count). The second kappa shape index (κ2) is 5.03. The largest absolute Gasteiger partial charge is 0.469 e. The fourth-order valence-electron chi connectivity index (χ4n) is 1.33.